The number of hydrogen-bond donors (Lipinski definition) is 1. The molecule has 0 aliphatic carbocycles. The van der Waals surface area contributed by atoms with Crippen LogP contribution >= 0.6 is 11.8 Å². The van der Waals surface area contributed by atoms with Crippen molar-refractivity contribution in [2.75, 3.05) is 12.0 Å². The van der Waals surface area contributed by atoms with Gasteiger partial charge in [-0.2, -0.15) is 11.8 Å². The topological polar surface area (TPSA) is 23.9 Å². The Morgan fingerprint density at radius 2 is 1.92 bits per heavy atom. The molecule has 0 saturated heterocycles. The highest BCUT2D eigenvalue weighted by Crippen LogP contribution is 2.06. The predicted octanol–water partition coefficient (Wildman–Crippen LogP) is 2.73. The third-order valence-electron chi connectivity index (χ3n) is 1.69. The maximum Gasteiger partial charge on any atom is 0.0485 e. The molecule has 0 spiro atoms. The summed E-state index contributed by atoms with van der Waals surface area (Å²) in [4.78, 5) is 0. The molecule has 0 fully saturated rings. The molecule has 0 bridgehead atoms. The van der Waals surface area contributed by atoms with E-state index in [1.54, 1.807) is 11.8 Å². The number of nitrogens with one attached hydrogen (secondary N) is 1. The van der Waals surface area contributed by atoms with Crippen LogP contribution in [0.1, 0.15) is 11.1 Å². The van der Waals surface area contributed by atoms with Crippen LogP contribution in [0.2, 0.25) is 0 Å². The van der Waals surface area contributed by atoms with Gasteiger partial charge in [-0.05, 0) is 18.7 Å². The molecule has 0 aliphatic rings. The van der Waals surface area contributed by atoms with Crippen LogP contribution in [-0.2, 0) is 0 Å². The van der Waals surface area contributed by atoms with Crippen LogP contribution < -0.4 is 0 Å². The third kappa shape index (κ3) is 2.38. The van der Waals surface area contributed by atoms with Crippen LogP contribution in [0.4, 0.5) is 0 Å². The fourth-order valence-electron chi connectivity index (χ4n) is 0.982. The molecule has 1 rings (SSSR count). The van der Waals surface area contributed by atoms with Crippen molar-refractivity contribution in [2.24, 2.45) is 0 Å². The van der Waals surface area contributed by atoms with Gasteiger partial charge >= 0.3 is 0 Å². The lowest BCUT2D eigenvalue weighted by Gasteiger charge is -2.01. The summed E-state index contributed by atoms with van der Waals surface area (Å²) in [6.07, 6.45) is 2.02. The van der Waals surface area contributed by atoms with Gasteiger partial charge in [-0.1, -0.05) is 29.8 Å². The van der Waals surface area contributed by atoms with E-state index in [1.165, 1.54) is 5.56 Å². The number of thioether (sulfide) groups is 1. The molecular weight excluding hydrogens is 166 g/mol. The molecule has 64 valence electrons. The molecule has 0 radical (unpaired) electrons. The van der Waals surface area contributed by atoms with E-state index in [2.05, 4.69) is 6.92 Å². The highest BCUT2D eigenvalue weighted by atomic mass is 32.2. The van der Waals surface area contributed by atoms with E-state index >= 15 is 0 Å². The standard InChI is InChI=1S/C10H13NS/c1-8-3-5-9(6-4-8)10(11)7-12-2/h3-6,11H,7H2,1-2H3. The minimum Gasteiger partial charge on any atom is -0.304 e. The number of benzene rings is 1. The summed E-state index contributed by atoms with van der Waals surface area (Å²) in [6.45, 7) is 2.06. The van der Waals surface area contributed by atoms with Gasteiger partial charge in [0.2, 0.25) is 0 Å². The second kappa shape index (κ2) is 4.31. The van der Waals surface area contributed by atoms with Crippen LogP contribution in [0.15, 0.2) is 24.3 Å². The molecule has 0 amide bonds. The molecule has 0 heterocycles. The number of rotatable bonds is 3. The lowest BCUT2D eigenvalue weighted by molar-refractivity contribution is 1.42. The minimum absolute atomic E-state index is 0.711. The van der Waals surface area contributed by atoms with Crippen molar-refractivity contribution in [3.05, 3.63) is 35.4 Å². The lowest BCUT2D eigenvalue weighted by atomic mass is 10.1. The zero-order chi connectivity index (χ0) is 8.97. The second-order valence-corrected chi connectivity index (χ2v) is 3.64. The fraction of sp³-hybridized carbons (Fsp3) is 0.300. The van der Waals surface area contributed by atoms with Gasteiger partial charge in [0.15, 0.2) is 0 Å². The molecule has 1 aromatic carbocycles. The van der Waals surface area contributed by atoms with Crippen LogP contribution in [0.3, 0.4) is 0 Å². The average Bonchev–Trinajstić information content (AvgIpc) is 2.06. The monoisotopic (exact) mass is 179 g/mol. The predicted molar refractivity (Wildman–Crippen MR) is 56.4 cm³/mol. The molecule has 12 heavy (non-hydrogen) atoms. The highest BCUT2D eigenvalue weighted by Gasteiger charge is 1.98. The molecule has 1 N–H and O–H groups in total. The van der Waals surface area contributed by atoms with Crippen molar-refractivity contribution in [3.63, 3.8) is 0 Å². The van der Waals surface area contributed by atoms with Gasteiger partial charge in [-0.3, -0.25) is 0 Å². The first-order valence-corrected chi connectivity index (χ1v) is 5.27. The van der Waals surface area contributed by atoms with Gasteiger partial charge in [0.25, 0.3) is 0 Å². The zero-order valence-electron chi connectivity index (χ0n) is 7.42. The van der Waals surface area contributed by atoms with Gasteiger partial charge in [-0.25, -0.2) is 0 Å². The van der Waals surface area contributed by atoms with Gasteiger partial charge in [-0.15, -0.1) is 0 Å². The van der Waals surface area contributed by atoms with Crippen molar-refractivity contribution < 1.29 is 0 Å². The third-order valence-corrected chi connectivity index (χ3v) is 2.27. The smallest absolute Gasteiger partial charge is 0.0485 e. The summed E-state index contributed by atoms with van der Waals surface area (Å²) in [7, 11) is 0. The molecule has 0 aliphatic heterocycles. The van der Waals surface area contributed by atoms with Crippen LogP contribution in [0.25, 0.3) is 0 Å². The molecule has 0 atom stereocenters. The second-order valence-electron chi connectivity index (χ2n) is 2.78. The van der Waals surface area contributed by atoms with Crippen molar-refractivity contribution >= 4 is 17.5 Å². The van der Waals surface area contributed by atoms with E-state index in [0.29, 0.717) is 5.71 Å². The van der Waals surface area contributed by atoms with Gasteiger partial charge in [0, 0.05) is 11.5 Å². The normalized spacial score (nSPS) is 9.83. The van der Waals surface area contributed by atoms with Crippen LogP contribution in [0.5, 0.6) is 0 Å². The Labute approximate surface area is 77.7 Å². The molecule has 0 unspecified atom stereocenters. The van der Waals surface area contributed by atoms with E-state index in [9.17, 15) is 0 Å². The van der Waals surface area contributed by atoms with Crippen molar-refractivity contribution in [1.82, 2.24) is 0 Å². The minimum atomic E-state index is 0.711. The van der Waals surface area contributed by atoms with Crippen molar-refractivity contribution in [1.29, 1.82) is 5.41 Å². The maximum atomic E-state index is 7.68. The molecule has 0 aromatic heterocycles. The molecule has 1 nitrogen and oxygen atoms in total. The van der Waals surface area contributed by atoms with Crippen LogP contribution in [0, 0.1) is 12.3 Å². The fourth-order valence-corrected chi connectivity index (χ4v) is 1.44. The first kappa shape index (κ1) is 9.33. The Morgan fingerprint density at radius 3 is 2.42 bits per heavy atom. The number of hydrogen-bond acceptors (Lipinski definition) is 2. The number of aryl methyl sites for hydroxylation is 1. The average molecular weight is 179 g/mol. The zero-order valence-corrected chi connectivity index (χ0v) is 8.24. The molecule has 0 saturated carbocycles. The van der Waals surface area contributed by atoms with E-state index in [4.69, 9.17) is 5.41 Å². The first-order chi connectivity index (χ1) is 5.74. The van der Waals surface area contributed by atoms with Crippen molar-refractivity contribution in [2.45, 2.75) is 6.92 Å². The Hall–Kier alpha value is -0.760. The van der Waals surface area contributed by atoms with Gasteiger partial charge in [0.05, 0.1) is 0 Å². The summed E-state index contributed by atoms with van der Waals surface area (Å²) < 4.78 is 0. The Kier molecular flexibility index (Phi) is 3.35. The Morgan fingerprint density at radius 1 is 1.33 bits per heavy atom. The summed E-state index contributed by atoms with van der Waals surface area (Å²) in [5.41, 5.74) is 2.99. The lowest BCUT2D eigenvalue weighted by Crippen LogP contribution is -2.01. The van der Waals surface area contributed by atoms with Gasteiger partial charge < -0.3 is 5.41 Å². The SMILES string of the molecule is CSCC(=N)c1ccc(C)cc1. The first-order valence-electron chi connectivity index (χ1n) is 3.87. The summed E-state index contributed by atoms with van der Waals surface area (Å²) in [5, 5.41) is 7.68. The molecular formula is C10H13NS. The van der Waals surface area contributed by atoms with E-state index < -0.39 is 0 Å². The van der Waals surface area contributed by atoms with Crippen LogP contribution in [-0.4, -0.2) is 17.7 Å². The Bertz CT molecular complexity index is 264. The maximum absolute atomic E-state index is 7.68. The summed E-state index contributed by atoms with van der Waals surface area (Å²) in [6, 6.07) is 8.11. The largest absolute Gasteiger partial charge is 0.304 e. The molecule has 2 heteroatoms. The van der Waals surface area contributed by atoms with E-state index in [0.717, 1.165) is 11.3 Å². The van der Waals surface area contributed by atoms with E-state index in [-0.39, 0.29) is 0 Å². The summed E-state index contributed by atoms with van der Waals surface area (Å²) >= 11 is 1.68. The van der Waals surface area contributed by atoms with Crippen molar-refractivity contribution in [3.8, 4) is 0 Å². The highest BCUT2D eigenvalue weighted by molar-refractivity contribution is 7.99. The van der Waals surface area contributed by atoms with Gasteiger partial charge in [0.1, 0.15) is 0 Å². The Balaban J connectivity index is 2.75. The molecule has 1 aromatic rings. The van der Waals surface area contributed by atoms with E-state index in [1.807, 2.05) is 30.5 Å². The summed E-state index contributed by atoms with van der Waals surface area (Å²) in [5.74, 6) is 0.795. The quantitative estimate of drug-likeness (QED) is 0.709.